The average Bonchev–Trinajstić information content (AvgIpc) is 2.62. The Labute approximate surface area is 161 Å². The second-order valence-corrected chi connectivity index (χ2v) is 7.54. The monoisotopic (exact) mass is 393 g/mol. The van der Waals surface area contributed by atoms with E-state index in [9.17, 15) is 14.7 Å². The van der Waals surface area contributed by atoms with Crippen LogP contribution in [0.3, 0.4) is 0 Å². The normalized spacial score (nSPS) is 14.3. The molecule has 0 saturated heterocycles. The first-order valence-electron chi connectivity index (χ1n) is 7.94. The van der Waals surface area contributed by atoms with Crippen molar-refractivity contribution in [2.24, 2.45) is 0 Å². The fraction of sp³-hybridized carbons (Fsp3) is 0.263. The van der Waals surface area contributed by atoms with E-state index in [1.807, 2.05) is 42.5 Å². The molecule has 0 spiro atoms. The zero-order valence-electron chi connectivity index (χ0n) is 14.2. The summed E-state index contributed by atoms with van der Waals surface area (Å²) in [5.74, 6) is -1.60. The van der Waals surface area contributed by atoms with Crippen molar-refractivity contribution in [1.29, 1.82) is 0 Å². The van der Waals surface area contributed by atoms with Crippen molar-refractivity contribution in [2.75, 3.05) is 12.3 Å². The fourth-order valence-corrected chi connectivity index (χ4v) is 3.45. The number of carbonyl (C=O) groups excluding carboxylic acids is 1. The van der Waals surface area contributed by atoms with Gasteiger partial charge in [-0.2, -0.15) is 0 Å². The second-order valence-electron chi connectivity index (χ2n) is 6.01. The number of thioether (sulfide) groups is 1. The number of aliphatic hydroxyl groups is 1. The summed E-state index contributed by atoms with van der Waals surface area (Å²) in [6.07, 6.45) is 0. The van der Waals surface area contributed by atoms with Gasteiger partial charge in [0, 0.05) is 5.02 Å². The van der Waals surface area contributed by atoms with E-state index >= 15 is 0 Å². The molecule has 0 fully saturated rings. The number of aliphatic carboxylic acids is 1. The molecule has 0 aliphatic heterocycles. The van der Waals surface area contributed by atoms with Crippen molar-refractivity contribution in [3.05, 3.63) is 70.7 Å². The van der Waals surface area contributed by atoms with Crippen molar-refractivity contribution in [2.45, 2.75) is 17.8 Å². The molecule has 0 bridgehead atoms. The molecule has 26 heavy (non-hydrogen) atoms. The van der Waals surface area contributed by atoms with Crippen LogP contribution >= 0.6 is 23.4 Å². The van der Waals surface area contributed by atoms with Gasteiger partial charge in [0.05, 0.1) is 17.5 Å². The highest BCUT2D eigenvalue weighted by molar-refractivity contribution is 8.00. The summed E-state index contributed by atoms with van der Waals surface area (Å²) in [7, 11) is 0. The topological polar surface area (TPSA) is 86.6 Å². The average molecular weight is 394 g/mol. The molecule has 2 aromatic rings. The molecular weight excluding hydrogens is 374 g/mol. The number of amides is 1. The van der Waals surface area contributed by atoms with E-state index in [1.54, 1.807) is 12.1 Å². The number of carboxylic acids is 1. The fourth-order valence-electron chi connectivity index (χ4n) is 2.21. The van der Waals surface area contributed by atoms with Gasteiger partial charge in [0.15, 0.2) is 5.60 Å². The summed E-state index contributed by atoms with van der Waals surface area (Å²) in [5.41, 5.74) is 0.0658. The van der Waals surface area contributed by atoms with Crippen LogP contribution in [0.1, 0.15) is 23.3 Å². The van der Waals surface area contributed by atoms with Crippen molar-refractivity contribution >= 4 is 35.2 Å². The highest BCUT2D eigenvalue weighted by atomic mass is 35.5. The molecule has 2 unspecified atom stereocenters. The van der Waals surface area contributed by atoms with Gasteiger partial charge >= 0.3 is 5.97 Å². The molecule has 0 aromatic heterocycles. The lowest BCUT2D eigenvalue weighted by molar-refractivity contribution is -0.156. The van der Waals surface area contributed by atoms with Crippen LogP contribution in [0.25, 0.3) is 0 Å². The Kier molecular flexibility index (Phi) is 7.08. The summed E-state index contributed by atoms with van der Waals surface area (Å²) in [6.45, 7) is 0.794. The quantitative estimate of drug-likeness (QED) is 0.641. The second kappa shape index (κ2) is 9.07. The Morgan fingerprint density at radius 3 is 2.27 bits per heavy atom. The maximum atomic E-state index is 12.1. The van der Waals surface area contributed by atoms with E-state index in [1.165, 1.54) is 11.8 Å². The standard InChI is InChI=1S/C19H20ClNO4S/c1-19(25,18(23)24)12-21-16(22)11-26-17(13-5-3-2-4-6-13)14-7-9-15(20)10-8-14/h2-10,17,25H,11-12H2,1H3,(H,21,22)(H,23,24). The molecule has 0 aliphatic carbocycles. The SMILES string of the molecule is CC(O)(CNC(=O)CSC(c1ccccc1)c1ccc(Cl)cc1)C(=O)O. The third-order valence-corrected chi connectivity index (χ3v) is 5.31. The van der Waals surface area contributed by atoms with Gasteiger partial charge in [-0.1, -0.05) is 54.1 Å². The van der Waals surface area contributed by atoms with Gasteiger partial charge in [0.25, 0.3) is 0 Å². The highest BCUT2D eigenvalue weighted by Gasteiger charge is 2.30. The van der Waals surface area contributed by atoms with Crippen LogP contribution in [0, 0.1) is 0 Å². The Bertz CT molecular complexity index is 750. The first-order valence-corrected chi connectivity index (χ1v) is 9.37. The van der Waals surface area contributed by atoms with E-state index in [0.717, 1.165) is 18.1 Å². The number of benzene rings is 2. The third kappa shape index (κ3) is 5.76. The lowest BCUT2D eigenvalue weighted by Gasteiger charge is -2.20. The summed E-state index contributed by atoms with van der Waals surface area (Å²) in [5, 5.41) is 21.6. The van der Waals surface area contributed by atoms with E-state index < -0.39 is 11.6 Å². The van der Waals surface area contributed by atoms with Gasteiger partial charge in [-0.15, -0.1) is 11.8 Å². The van der Waals surface area contributed by atoms with Crippen LogP contribution in [0.5, 0.6) is 0 Å². The van der Waals surface area contributed by atoms with Crippen LogP contribution in [0.2, 0.25) is 5.02 Å². The lowest BCUT2D eigenvalue weighted by Crippen LogP contribution is -2.47. The number of hydrogen-bond donors (Lipinski definition) is 3. The van der Waals surface area contributed by atoms with E-state index in [-0.39, 0.29) is 23.5 Å². The summed E-state index contributed by atoms with van der Waals surface area (Å²) >= 11 is 7.37. The van der Waals surface area contributed by atoms with Crippen molar-refractivity contribution in [1.82, 2.24) is 5.32 Å². The minimum Gasteiger partial charge on any atom is -0.479 e. The molecule has 2 rings (SSSR count). The molecule has 7 heteroatoms. The number of halogens is 1. The number of carbonyl (C=O) groups is 2. The number of nitrogens with one attached hydrogen (secondary N) is 1. The van der Waals surface area contributed by atoms with Gasteiger partial charge in [0.2, 0.25) is 5.91 Å². The lowest BCUT2D eigenvalue weighted by atomic mass is 10.0. The van der Waals surface area contributed by atoms with Crippen molar-refractivity contribution in [3.8, 4) is 0 Å². The largest absolute Gasteiger partial charge is 0.479 e. The Balaban J connectivity index is 2.05. The highest BCUT2D eigenvalue weighted by Crippen LogP contribution is 2.35. The third-order valence-electron chi connectivity index (χ3n) is 3.75. The summed E-state index contributed by atoms with van der Waals surface area (Å²) in [6, 6.07) is 17.2. The Morgan fingerprint density at radius 1 is 1.12 bits per heavy atom. The molecule has 0 heterocycles. The van der Waals surface area contributed by atoms with E-state index in [2.05, 4.69) is 5.32 Å². The van der Waals surface area contributed by atoms with Gasteiger partial charge in [-0.25, -0.2) is 4.79 Å². The van der Waals surface area contributed by atoms with Crippen molar-refractivity contribution in [3.63, 3.8) is 0 Å². The van der Waals surface area contributed by atoms with Gasteiger partial charge in [-0.3, -0.25) is 4.79 Å². The first kappa shape index (κ1) is 20.3. The smallest absolute Gasteiger partial charge is 0.337 e. The van der Waals surface area contributed by atoms with Crippen LogP contribution < -0.4 is 5.32 Å². The van der Waals surface area contributed by atoms with Crippen LogP contribution in [-0.4, -0.2) is 40.0 Å². The zero-order chi connectivity index (χ0) is 19.2. The van der Waals surface area contributed by atoms with E-state index in [0.29, 0.717) is 5.02 Å². The summed E-state index contributed by atoms with van der Waals surface area (Å²) in [4.78, 5) is 23.0. The number of rotatable bonds is 8. The molecular formula is C19H20ClNO4S. The molecule has 3 N–H and O–H groups in total. The minimum absolute atomic E-state index is 0.0702. The Hall–Kier alpha value is -2.02. The predicted molar refractivity (Wildman–Crippen MR) is 103 cm³/mol. The van der Waals surface area contributed by atoms with Crippen LogP contribution in [0.4, 0.5) is 0 Å². The molecule has 5 nitrogen and oxygen atoms in total. The Morgan fingerprint density at radius 2 is 1.69 bits per heavy atom. The molecule has 2 aromatic carbocycles. The van der Waals surface area contributed by atoms with Gasteiger partial charge in [0.1, 0.15) is 0 Å². The molecule has 0 aliphatic rings. The molecule has 0 saturated carbocycles. The first-order chi connectivity index (χ1) is 12.3. The zero-order valence-corrected chi connectivity index (χ0v) is 15.8. The molecule has 0 radical (unpaired) electrons. The molecule has 138 valence electrons. The maximum Gasteiger partial charge on any atom is 0.337 e. The number of carboxylic acid groups (broad SMARTS) is 1. The predicted octanol–water partition coefficient (Wildman–Crippen LogP) is 3.11. The maximum absolute atomic E-state index is 12.1. The molecule has 1 amide bonds. The number of hydrogen-bond acceptors (Lipinski definition) is 4. The van der Waals surface area contributed by atoms with Gasteiger partial charge in [-0.05, 0) is 30.2 Å². The van der Waals surface area contributed by atoms with Crippen LogP contribution in [-0.2, 0) is 9.59 Å². The van der Waals surface area contributed by atoms with Crippen LogP contribution in [0.15, 0.2) is 54.6 Å². The van der Waals surface area contributed by atoms with Gasteiger partial charge < -0.3 is 15.5 Å². The van der Waals surface area contributed by atoms with E-state index in [4.69, 9.17) is 16.7 Å². The summed E-state index contributed by atoms with van der Waals surface area (Å²) < 4.78 is 0. The minimum atomic E-state index is -1.99. The molecule has 2 atom stereocenters. The van der Waals surface area contributed by atoms with Crippen molar-refractivity contribution < 1.29 is 19.8 Å².